The van der Waals surface area contributed by atoms with E-state index in [0.29, 0.717) is 49.5 Å². The Morgan fingerprint density at radius 3 is 2.55 bits per heavy atom. The van der Waals surface area contributed by atoms with Gasteiger partial charge in [0, 0.05) is 48.7 Å². The predicted octanol–water partition coefficient (Wildman–Crippen LogP) is 4.70. The summed E-state index contributed by atoms with van der Waals surface area (Å²) in [5, 5.41) is 8.99. The van der Waals surface area contributed by atoms with E-state index in [1.54, 1.807) is 12.1 Å². The van der Waals surface area contributed by atoms with Gasteiger partial charge >= 0.3 is 0 Å². The third kappa shape index (κ3) is 8.77. The monoisotopic (exact) mass is 612 g/mol. The van der Waals surface area contributed by atoms with E-state index in [-0.39, 0.29) is 36.1 Å². The number of amides is 2. The van der Waals surface area contributed by atoms with Crippen molar-refractivity contribution in [3.8, 4) is 0 Å². The third-order valence-corrected chi connectivity index (χ3v) is 9.62. The molecule has 1 aliphatic rings. The van der Waals surface area contributed by atoms with Crippen LogP contribution < -0.4 is 15.4 Å². The molecular formula is C32H41ClN4O4S. The first kappa shape index (κ1) is 31.9. The van der Waals surface area contributed by atoms with E-state index in [1.165, 1.54) is 5.56 Å². The van der Waals surface area contributed by atoms with Crippen molar-refractivity contribution in [2.75, 3.05) is 31.9 Å². The van der Waals surface area contributed by atoms with Crippen molar-refractivity contribution in [3.63, 3.8) is 0 Å². The van der Waals surface area contributed by atoms with Crippen molar-refractivity contribution in [2.45, 2.75) is 57.5 Å². The fourth-order valence-electron chi connectivity index (χ4n) is 5.47. The van der Waals surface area contributed by atoms with Crippen LogP contribution in [0.4, 0.5) is 0 Å². The molecule has 10 heteroatoms. The number of hydrogen-bond acceptors (Lipinski definition) is 5. The molecule has 0 bridgehead atoms. The molecule has 4 rings (SSSR count). The van der Waals surface area contributed by atoms with Crippen LogP contribution in [0, 0.1) is 0 Å². The molecule has 8 nitrogen and oxygen atoms in total. The van der Waals surface area contributed by atoms with Gasteiger partial charge in [-0.2, -0.15) is 0 Å². The van der Waals surface area contributed by atoms with Crippen LogP contribution in [0.5, 0.6) is 0 Å². The molecule has 0 spiro atoms. The van der Waals surface area contributed by atoms with E-state index in [2.05, 4.69) is 34.4 Å². The standard InChI is InChI=1S/C32H41ClN4O4S/c1-3-18-42(40,41)35-16-14-30-32(39)37(22-23(4-2)24-8-6-5-7-9-24)17-15-29(36-30)21-34-31(38)27-11-10-26-20-28(33)13-12-25(26)19-27/h5-13,19-20,23,29-30,35-36H,3-4,14-18,21-22H2,1-2H3,(H,34,38)/t23-,29+,30+/m1/s1. The molecule has 3 N–H and O–H groups in total. The number of halogens is 1. The zero-order valence-corrected chi connectivity index (χ0v) is 25.9. The van der Waals surface area contributed by atoms with Crippen molar-refractivity contribution < 1.29 is 18.0 Å². The average Bonchev–Trinajstić information content (AvgIpc) is 3.12. The molecule has 3 aromatic rings. The van der Waals surface area contributed by atoms with Crippen LogP contribution in [0.15, 0.2) is 66.7 Å². The summed E-state index contributed by atoms with van der Waals surface area (Å²) in [4.78, 5) is 28.7. The maximum Gasteiger partial charge on any atom is 0.251 e. The topological polar surface area (TPSA) is 108 Å². The van der Waals surface area contributed by atoms with Gasteiger partial charge in [0.25, 0.3) is 5.91 Å². The normalized spacial score (nSPS) is 18.5. The van der Waals surface area contributed by atoms with Gasteiger partial charge in [-0.05, 0) is 66.3 Å². The minimum atomic E-state index is -3.38. The maximum atomic E-state index is 13.8. The second-order valence-electron chi connectivity index (χ2n) is 10.9. The first-order valence-electron chi connectivity index (χ1n) is 14.7. The number of hydrogen-bond donors (Lipinski definition) is 3. The van der Waals surface area contributed by atoms with Gasteiger partial charge in [-0.3, -0.25) is 9.59 Å². The Morgan fingerprint density at radius 2 is 1.81 bits per heavy atom. The van der Waals surface area contributed by atoms with Crippen LogP contribution in [-0.4, -0.2) is 69.1 Å². The van der Waals surface area contributed by atoms with Crippen LogP contribution in [0.25, 0.3) is 10.8 Å². The van der Waals surface area contributed by atoms with E-state index >= 15 is 0 Å². The van der Waals surface area contributed by atoms with Gasteiger partial charge < -0.3 is 15.5 Å². The van der Waals surface area contributed by atoms with Crippen molar-refractivity contribution in [3.05, 3.63) is 82.9 Å². The number of benzene rings is 3. The van der Waals surface area contributed by atoms with E-state index in [0.717, 1.165) is 17.2 Å². The quantitative estimate of drug-likeness (QED) is 0.259. The molecule has 3 aromatic carbocycles. The Hall–Kier alpha value is -2.98. The molecule has 1 aliphatic heterocycles. The summed E-state index contributed by atoms with van der Waals surface area (Å²) in [6.45, 7) is 5.57. The molecule has 0 aromatic heterocycles. The molecule has 0 unspecified atom stereocenters. The Morgan fingerprint density at radius 1 is 1.07 bits per heavy atom. The molecule has 3 atom stereocenters. The Balaban J connectivity index is 1.45. The molecule has 1 saturated heterocycles. The van der Waals surface area contributed by atoms with Crippen molar-refractivity contribution in [1.82, 2.24) is 20.3 Å². The predicted molar refractivity (Wildman–Crippen MR) is 169 cm³/mol. The lowest BCUT2D eigenvalue weighted by Gasteiger charge is -2.28. The molecule has 226 valence electrons. The zero-order chi connectivity index (χ0) is 30.1. The van der Waals surface area contributed by atoms with Gasteiger partial charge in [0.15, 0.2) is 0 Å². The first-order valence-corrected chi connectivity index (χ1v) is 16.8. The van der Waals surface area contributed by atoms with Crippen LogP contribution in [-0.2, 0) is 14.8 Å². The van der Waals surface area contributed by atoms with Gasteiger partial charge in [0.05, 0.1) is 11.8 Å². The molecule has 0 aliphatic carbocycles. The summed E-state index contributed by atoms with van der Waals surface area (Å²) in [5.74, 6) is 0.00993. The number of sulfonamides is 1. The average molecular weight is 613 g/mol. The van der Waals surface area contributed by atoms with Crippen LogP contribution in [0.2, 0.25) is 5.02 Å². The van der Waals surface area contributed by atoms with Crippen LogP contribution in [0.3, 0.4) is 0 Å². The highest BCUT2D eigenvalue weighted by Crippen LogP contribution is 2.23. The highest BCUT2D eigenvalue weighted by molar-refractivity contribution is 7.89. The summed E-state index contributed by atoms with van der Waals surface area (Å²) in [6.07, 6.45) is 2.39. The second-order valence-corrected chi connectivity index (χ2v) is 13.3. The largest absolute Gasteiger partial charge is 0.350 e. The number of nitrogens with zero attached hydrogens (tertiary/aromatic N) is 1. The van der Waals surface area contributed by atoms with Gasteiger partial charge in [-0.15, -0.1) is 0 Å². The number of rotatable bonds is 13. The summed E-state index contributed by atoms with van der Waals surface area (Å²) < 4.78 is 27.1. The lowest BCUT2D eigenvalue weighted by molar-refractivity contribution is -0.133. The van der Waals surface area contributed by atoms with E-state index < -0.39 is 16.1 Å². The van der Waals surface area contributed by atoms with E-state index in [1.807, 2.05) is 54.3 Å². The molecule has 1 fully saturated rings. The number of carbonyl (C=O) groups is 2. The smallest absolute Gasteiger partial charge is 0.251 e. The van der Waals surface area contributed by atoms with Gasteiger partial charge in [-0.25, -0.2) is 13.1 Å². The van der Waals surface area contributed by atoms with Gasteiger partial charge in [0.2, 0.25) is 15.9 Å². The summed E-state index contributed by atoms with van der Waals surface area (Å²) in [5.41, 5.74) is 1.74. The second kappa shape index (κ2) is 15.0. The Bertz CT molecular complexity index is 1470. The van der Waals surface area contributed by atoms with E-state index in [9.17, 15) is 18.0 Å². The van der Waals surface area contributed by atoms with Crippen molar-refractivity contribution >= 4 is 44.2 Å². The number of fused-ring (bicyclic) bond motifs is 1. The SMILES string of the molecule is CCCS(=O)(=O)NCC[C@@H]1N[C@H](CNC(=O)c2ccc3cc(Cl)ccc3c2)CCN(C[C@@H](CC)c2ccccc2)C1=O. The minimum absolute atomic E-state index is 0.0407. The van der Waals surface area contributed by atoms with Gasteiger partial charge in [-0.1, -0.05) is 67.9 Å². The summed E-state index contributed by atoms with van der Waals surface area (Å²) >= 11 is 6.09. The molecule has 0 radical (unpaired) electrons. The Kier molecular flexibility index (Phi) is 11.4. The van der Waals surface area contributed by atoms with Crippen molar-refractivity contribution in [1.29, 1.82) is 0 Å². The molecule has 0 saturated carbocycles. The highest BCUT2D eigenvalue weighted by Gasteiger charge is 2.32. The number of nitrogens with one attached hydrogen (secondary N) is 3. The summed E-state index contributed by atoms with van der Waals surface area (Å²) in [6, 6.07) is 20.5. The van der Waals surface area contributed by atoms with Crippen molar-refractivity contribution in [2.24, 2.45) is 0 Å². The van der Waals surface area contributed by atoms with E-state index in [4.69, 9.17) is 11.6 Å². The lowest BCUT2D eigenvalue weighted by atomic mass is 9.95. The minimum Gasteiger partial charge on any atom is -0.350 e. The third-order valence-electron chi connectivity index (χ3n) is 7.80. The number of carbonyl (C=O) groups excluding carboxylic acids is 2. The summed E-state index contributed by atoms with van der Waals surface area (Å²) in [7, 11) is -3.38. The molecule has 42 heavy (non-hydrogen) atoms. The van der Waals surface area contributed by atoms with Crippen LogP contribution in [0.1, 0.15) is 61.4 Å². The van der Waals surface area contributed by atoms with Gasteiger partial charge in [0.1, 0.15) is 0 Å². The molecular weight excluding hydrogens is 572 g/mol. The zero-order valence-electron chi connectivity index (χ0n) is 24.3. The fourth-order valence-corrected chi connectivity index (χ4v) is 6.76. The molecule has 1 heterocycles. The lowest BCUT2D eigenvalue weighted by Crippen LogP contribution is -2.50. The highest BCUT2D eigenvalue weighted by atomic mass is 35.5. The fraction of sp³-hybridized carbons (Fsp3) is 0.438. The first-order chi connectivity index (χ1) is 20.2. The van der Waals surface area contributed by atoms with Crippen LogP contribution >= 0.6 is 11.6 Å². The Labute approximate surface area is 254 Å². The molecule has 2 amide bonds. The maximum absolute atomic E-state index is 13.8.